The van der Waals surface area contributed by atoms with Gasteiger partial charge in [-0.2, -0.15) is 0 Å². The van der Waals surface area contributed by atoms with Crippen molar-refractivity contribution in [2.45, 2.75) is 44.1 Å². The average molecular weight is 289 g/mol. The maximum Gasteiger partial charge on any atom is 0.241 e. The SMILES string of the molecule is CCCC1(CNS(=O)(=O)c2ccsc2CO)CC1. The highest BCUT2D eigenvalue weighted by Crippen LogP contribution is 2.49. The summed E-state index contributed by atoms with van der Waals surface area (Å²) < 4.78 is 27.0. The third-order valence-corrected chi connectivity index (χ3v) is 6.03. The Kier molecular flexibility index (Phi) is 4.11. The molecule has 0 radical (unpaired) electrons. The van der Waals surface area contributed by atoms with E-state index in [0.29, 0.717) is 11.4 Å². The van der Waals surface area contributed by atoms with Crippen molar-refractivity contribution in [2.24, 2.45) is 5.41 Å². The number of aliphatic hydroxyl groups is 1. The van der Waals surface area contributed by atoms with E-state index in [9.17, 15) is 8.42 Å². The molecule has 1 aromatic heterocycles. The second-order valence-corrected chi connectivity index (χ2v) is 7.68. The van der Waals surface area contributed by atoms with E-state index < -0.39 is 10.0 Å². The lowest BCUT2D eigenvalue weighted by Gasteiger charge is -2.15. The minimum Gasteiger partial charge on any atom is -0.391 e. The number of rotatable bonds is 7. The number of thiophene rings is 1. The fourth-order valence-electron chi connectivity index (χ4n) is 2.23. The Morgan fingerprint density at radius 3 is 2.78 bits per heavy atom. The fraction of sp³-hybridized carbons (Fsp3) is 0.667. The molecule has 6 heteroatoms. The minimum absolute atomic E-state index is 0.192. The molecule has 0 unspecified atom stereocenters. The molecule has 0 aliphatic heterocycles. The van der Waals surface area contributed by atoms with E-state index in [0.717, 1.165) is 25.7 Å². The van der Waals surface area contributed by atoms with Gasteiger partial charge in [-0.05, 0) is 36.1 Å². The van der Waals surface area contributed by atoms with Crippen LogP contribution in [0.15, 0.2) is 16.3 Å². The van der Waals surface area contributed by atoms with Crippen LogP contribution < -0.4 is 4.72 Å². The minimum atomic E-state index is -3.47. The summed E-state index contributed by atoms with van der Waals surface area (Å²) in [5.74, 6) is 0. The van der Waals surface area contributed by atoms with E-state index in [1.165, 1.54) is 11.3 Å². The van der Waals surface area contributed by atoms with Crippen molar-refractivity contribution in [1.29, 1.82) is 0 Å². The molecule has 0 spiro atoms. The highest BCUT2D eigenvalue weighted by molar-refractivity contribution is 7.89. The smallest absolute Gasteiger partial charge is 0.241 e. The lowest BCUT2D eigenvalue weighted by atomic mass is 10.0. The summed E-state index contributed by atoms with van der Waals surface area (Å²) in [7, 11) is -3.47. The van der Waals surface area contributed by atoms with Crippen LogP contribution in [0.5, 0.6) is 0 Å². The average Bonchev–Trinajstić information content (AvgIpc) is 2.93. The van der Waals surface area contributed by atoms with Gasteiger partial charge in [-0.25, -0.2) is 13.1 Å². The highest BCUT2D eigenvalue weighted by Gasteiger charge is 2.42. The van der Waals surface area contributed by atoms with Crippen LogP contribution in [0.2, 0.25) is 0 Å². The summed E-state index contributed by atoms with van der Waals surface area (Å²) in [6.07, 6.45) is 4.38. The van der Waals surface area contributed by atoms with E-state index in [1.807, 2.05) is 0 Å². The first kappa shape index (κ1) is 14.0. The first-order valence-corrected chi connectivity index (χ1v) is 8.56. The third kappa shape index (κ3) is 2.93. The normalized spacial score (nSPS) is 17.9. The third-order valence-electron chi connectivity index (χ3n) is 3.51. The Balaban J connectivity index is 2.04. The topological polar surface area (TPSA) is 66.4 Å². The van der Waals surface area contributed by atoms with Gasteiger partial charge in [0.15, 0.2) is 0 Å². The second kappa shape index (κ2) is 5.28. The highest BCUT2D eigenvalue weighted by atomic mass is 32.2. The van der Waals surface area contributed by atoms with Crippen molar-refractivity contribution in [1.82, 2.24) is 4.72 Å². The lowest BCUT2D eigenvalue weighted by Crippen LogP contribution is -2.30. The summed E-state index contributed by atoms with van der Waals surface area (Å²) in [6, 6.07) is 1.55. The van der Waals surface area contributed by atoms with Crippen LogP contribution in [0, 0.1) is 5.41 Å². The molecule has 1 aliphatic rings. The molecule has 4 nitrogen and oxygen atoms in total. The van der Waals surface area contributed by atoms with Crippen molar-refractivity contribution in [3.63, 3.8) is 0 Å². The molecule has 18 heavy (non-hydrogen) atoms. The number of aliphatic hydroxyl groups excluding tert-OH is 1. The zero-order valence-electron chi connectivity index (χ0n) is 10.5. The molecule has 2 rings (SSSR count). The monoisotopic (exact) mass is 289 g/mol. The van der Waals surface area contributed by atoms with Gasteiger partial charge in [-0.3, -0.25) is 0 Å². The number of hydrogen-bond donors (Lipinski definition) is 2. The van der Waals surface area contributed by atoms with Crippen LogP contribution in [0.1, 0.15) is 37.5 Å². The van der Waals surface area contributed by atoms with Gasteiger partial charge in [0.25, 0.3) is 0 Å². The van der Waals surface area contributed by atoms with Crippen molar-refractivity contribution in [3.8, 4) is 0 Å². The number of sulfonamides is 1. The summed E-state index contributed by atoms with van der Waals surface area (Å²) >= 11 is 1.27. The predicted molar refractivity (Wildman–Crippen MR) is 72.0 cm³/mol. The van der Waals surface area contributed by atoms with Gasteiger partial charge in [-0.15, -0.1) is 11.3 Å². The maximum atomic E-state index is 12.1. The van der Waals surface area contributed by atoms with Gasteiger partial charge in [0.1, 0.15) is 0 Å². The fourth-order valence-corrected chi connectivity index (χ4v) is 4.68. The summed E-state index contributed by atoms with van der Waals surface area (Å²) in [6.45, 7) is 2.41. The second-order valence-electron chi connectivity index (χ2n) is 4.94. The Bertz CT molecular complexity index is 503. The van der Waals surface area contributed by atoms with Crippen molar-refractivity contribution in [2.75, 3.05) is 6.54 Å². The van der Waals surface area contributed by atoms with Crippen LogP contribution >= 0.6 is 11.3 Å². The molecule has 2 N–H and O–H groups in total. The first-order valence-electron chi connectivity index (χ1n) is 6.20. The van der Waals surface area contributed by atoms with Crippen molar-refractivity contribution < 1.29 is 13.5 Å². The molecule has 0 aromatic carbocycles. The standard InChI is InChI=1S/C12H19NO3S2/c1-2-4-12(5-6-12)9-13-18(15,16)11-3-7-17-10(11)8-14/h3,7,13-14H,2,4-6,8-9H2,1H3. The Morgan fingerprint density at radius 2 is 2.22 bits per heavy atom. The van der Waals surface area contributed by atoms with Gasteiger partial charge in [0, 0.05) is 11.4 Å². The zero-order valence-corrected chi connectivity index (χ0v) is 12.1. The maximum absolute atomic E-state index is 12.1. The predicted octanol–water partition coefficient (Wildman–Crippen LogP) is 2.10. The van der Waals surface area contributed by atoms with Crippen molar-refractivity contribution >= 4 is 21.4 Å². The molecule has 1 aromatic rings. The Hall–Kier alpha value is -0.430. The molecule has 1 heterocycles. The molecular weight excluding hydrogens is 270 g/mol. The summed E-state index contributed by atoms with van der Waals surface area (Å²) in [5, 5.41) is 10.8. The largest absolute Gasteiger partial charge is 0.391 e. The van der Waals surface area contributed by atoms with Crippen molar-refractivity contribution in [3.05, 3.63) is 16.3 Å². The van der Waals surface area contributed by atoms with Crippen LogP contribution in [0.4, 0.5) is 0 Å². The molecule has 1 aliphatic carbocycles. The summed E-state index contributed by atoms with van der Waals surface area (Å²) in [5.41, 5.74) is 0.192. The molecule has 1 saturated carbocycles. The Labute approximate surface area is 112 Å². The van der Waals surface area contributed by atoms with Gasteiger partial charge in [0.05, 0.1) is 11.5 Å². The van der Waals surface area contributed by atoms with Crippen LogP contribution in [0.25, 0.3) is 0 Å². The van der Waals surface area contributed by atoms with E-state index in [-0.39, 0.29) is 16.9 Å². The molecule has 0 amide bonds. The van der Waals surface area contributed by atoms with Gasteiger partial charge >= 0.3 is 0 Å². The summed E-state index contributed by atoms with van der Waals surface area (Å²) in [4.78, 5) is 0.727. The van der Waals surface area contributed by atoms with Crippen LogP contribution in [0.3, 0.4) is 0 Å². The quantitative estimate of drug-likeness (QED) is 0.808. The first-order chi connectivity index (χ1) is 8.53. The number of hydrogen-bond acceptors (Lipinski definition) is 4. The van der Waals surface area contributed by atoms with Gasteiger partial charge in [-0.1, -0.05) is 13.3 Å². The molecular formula is C12H19NO3S2. The van der Waals surface area contributed by atoms with Crippen LogP contribution in [-0.4, -0.2) is 20.1 Å². The lowest BCUT2D eigenvalue weighted by molar-refractivity contribution is 0.282. The van der Waals surface area contributed by atoms with E-state index in [2.05, 4.69) is 11.6 Å². The van der Waals surface area contributed by atoms with Gasteiger partial charge < -0.3 is 5.11 Å². The van der Waals surface area contributed by atoms with E-state index in [4.69, 9.17) is 5.11 Å². The molecule has 0 saturated heterocycles. The molecule has 0 atom stereocenters. The molecule has 0 bridgehead atoms. The molecule has 102 valence electrons. The number of nitrogens with one attached hydrogen (secondary N) is 1. The Morgan fingerprint density at radius 1 is 1.50 bits per heavy atom. The zero-order chi connectivity index (χ0) is 13.2. The van der Waals surface area contributed by atoms with Crippen LogP contribution in [-0.2, 0) is 16.6 Å². The molecule has 1 fully saturated rings. The van der Waals surface area contributed by atoms with E-state index >= 15 is 0 Å². The van der Waals surface area contributed by atoms with Gasteiger partial charge in [0.2, 0.25) is 10.0 Å². The van der Waals surface area contributed by atoms with E-state index in [1.54, 1.807) is 11.4 Å².